The lowest BCUT2D eigenvalue weighted by atomic mass is 9.84. The van der Waals surface area contributed by atoms with Crippen LogP contribution in [0.25, 0.3) is 0 Å². The van der Waals surface area contributed by atoms with Gasteiger partial charge in [0.25, 0.3) is 0 Å². The first kappa shape index (κ1) is 13.3. The van der Waals surface area contributed by atoms with Crippen LogP contribution in [0.15, 0.2) is 6.07 Å². The summed E-state index contributed by atoms with van der Waals surface area (Å²) >= 11 is 1.19. The zero-order valence-electron chi connectivity index (χ0n) is 11.1. The molecule has 6 heteroatoms. The summed E-state index contributed by atoms with van der Waals surface area (Å²) < 4.78 is 0. The maximum atomic E-state index is 12.6. The van der Waals surface area contributed by atoms with Crippen LogP contribution in [0.5, 0.6) is 0 Å². The van der Waals surface area contributed by atoms with Crippen molar-refractivity contribution in [2.24, 2.45) is 5.41 Å². The first-order chi connectivity index (χ1) is 9.44. The van der Waals surface area contributed by atoms with Crippen molar-refractivity contribution in [1.82, 2.24) is 0 Å². The summed E-state index contributed by atoms with van der Waals surface area (Å²) in [6.07, 6.45) is 3.62. The van der Waals surface area contributed by atoms with Crippen LogP contribution in [0.3, 0.4) is 0 Å². The minimum absolute atomic E-state index is 0.0456. The highest BCUT2D eigenvalue weighted by Crippen LogP contribution is 2.49. The molecule has 2 heterocycles. The summed E-state index contributed by atoms with van der Waals surface area (Å²) in [6, 6.07) is 1.52. The third kappa shape index (κ3) is 1.78. The number of carboxylic acids is 1. The molecule has 1 saturated heterocycles. The average Bonchev–Trinajstić information content (AvgIpc) is 3.02. The van der Waals surface area contributed by atoms with Crippen LogP contribution in [0.2, 0.25) is 0 Å². The van der Waals surface area contributed by atoms with Crippen LogP contribution >= 0.6 is 11.3 Å². The highest BCUT2D eigenvalue weighted by atomic mass is 32.1. The van der Waals surface area contributed by atoms with Crippen molar-refractivity contribution in [2.45, 2.75) is 39.0 Å². The van der Waals surface area contributed by atoms with E-state index in [9.17, 15) is 19.5 Å². The standard InChI is InChI=1S/C14H15NO4S/c1-8-6-9(12(17)18)11(20-8)15-10(16)7-14(13(15)19)4-2-3-5-14/h6H,2-5,7H2,1H3,(H,17,18). The molecule has 1 aliphatic heterocycles. The minimum atomic E-state index is -1.10. The molecule has 0 atom stereocenters. The van der Waals surface area contributed by atoms with E-state index in [2.05, 4.69) is 0 Å². The van der Waals surface area contributed by atoms with Gasteiger partial charge in [-0.15, -0.1) is 11.3 Å². The average molecular weight is 293 g/mol. The number of carbonyl (C=O) groups excluding carboxylic acids is 2. The van der Waals surface area contributed by atoms with Gasteiger partial charge in [0.05, 0.1) is 11.0 Å². The second kappa shape index (κ2) is 4.41. The molecule has 1 N–H and O–H groups in total. The fourth-order valence-electron chi connectivity index (χ4n) is 3.26. The van der Waals surface area contributed by atoms with Crippen LogP contribution in [-0.2, 0) is 9.59 Å². The Hall–Kier alpha value is -1.69. The van der Waals surface area contributed by atoms with Crippen molar-refractivity contribution >= 4 is 34.1 Å². The SMILES string of the molecule is Cc1cc(C(=O)O)c(N2C(=O)CC3(CCCC3)C2=O)s1. The number of amides is 2. The maximum Gasteiger partial charge on any atom is 0.338 e. The van der Waals surface area contributed by atoms with Gasteiger partial charge in [0.15, 0.2) is 0 Å². The molecule has 0 radical (unpaired) electrons. The predicted molar refractivity (Wildman–Crippen MR) is 74.0 cm³/mol. The molecule has 2 fully saturated rings. The van der Waals surface area contributed by atoms with Gasteiger partial charge in [-0.25, -0.2) is 9.69 Å². The Labute approximate surface area is 120 Å². The van der Waals surface area contributed by atoms with Crippen LogP contribution in [0, 0.1) is 12.3 Å². The van der Waals surface area contributed by atoms with E-state index in [1.54, 1.807) is 6.92 Å². The van der Waals surface area contributed by atoms with Crippen molar-refractivity contribution in [3.63, 3.8) is 0 Å². The molecule has 0 aromatic carbocycles. The van der Waals surface area contributed by atoms with Gasteiger partial charge >= 0.3 is 5.97 Å². The van der Waals surface area contributed by atoms with Gasteiger partial charge in [-0.2, -0.15) is 0 Å². The number of imide groups is 1. The maximum absolute atomic E-state index is 12.6. The molecule has 0 bridgehead atoms. The number of aromatic carboxylic acids is 1. The van der Waals surface area contributed by atoms with Crippen molar-refractivity contribution in [1.29, 1.82) is 0 Å². The molecule has 2 aliphatic rings. The van der Waals surface area contributed by atoms with Crippen LogP contribution in [0.4, 0.5) is 5.00 Å². The summed E-state index contributed by atoms with van der Waals surface area (Å²) in [4.78, 5) is 38.1. The van der Waals surface area contributed by atoms with Gasteiger partial charge in [0.1, 0.15) is 5.00 Å². The van der Waals surface area contributed by atoms with Crippen molar-refractivity contribution in [3.8, 4) is 0 Å². The first-order valence-corrected chi connectivity index (χ1v) is 7.47. The molecule has 2 amide bonds. The van der Waals surface area contributed by atoms with E-state index < -0.39 is 11.4 Å². The predicted octanol–water partition coefficient (Wildman–Crippen LogP) is 2.58. The normalized spacial score (nSPS) is 21.1. The lowest BCUT2D eigenvalue weighted by molar-refractivity contribution is -0.125. The number of thiophene rings is 1. The number of rotatable bonds is 2. The monoisotopic (exact) mass is 293 g/mol. The van der Waals surface area contributed by atoms with E-state index in [1.165, 1.54) is 17.4 Å². The lowest BCUT2D eigenvalue weighted by Crippen LogP contribution is -2.34. The largest absolute Gasteiger partial charge is 0.478 e. The summed E-state index contributed by atoms with van der Waals surface area (Å²) in [5.41, 5.74) is -0.519. The number of anilines is 1. The van der Waals surface area contributed by atoms with Crippen LogP contribution in [-0.4, -0.2) is 22.9 Å². The zero-order chi connectivity index (χ0) is 14.5. The highest BCUT2D eigenvalue weighted by Gasteiger charge is 2.54. The smallest absolute Gasteiger partial charge is 0.338 e. The molecule has 106 valence electrons. The van der Waals surface area contributed by atoms with Crippen LogP contribution in [0.1, 0.15) is 47.3 Å². The molecule has 1 aromatic rings. The second-order valence-electron chi connectivity index (χ2n) is 5.58. The van der Waals surface area contributed by atoms with Gasteiger partial charge in [0, 0.05) is 11.3 Å². The topological polar surface area (TPSA) is 74.7 Å². The molecule has 3 rings (SSSR count). The fourth-order valence-corrected chi connectivity index (χ4v) is 4.28. The molecule has 5 nitrogen and oxygen atoms in total. The van der Waals surface area contributed by atoms with Crippen molar-refractivity contribution in [2.75, 3.05) is 4.90 Å². The van der Waals surface area contributed by atoms with Gasteiger partial charge in [-0.1, -0.05) is 12.8 Å². The Morgan fingerprint density at radius 1 is 1.35 bits per heavy atom. The van der Waals surface area contributed by atoms with E-state index >= 15 is 0 Å². The van der Waals surface area contributed by atoms with Crippen molar-refractivity contribution in [3.05, 3.63) is 16.5 Å². The number of carbonyl (C=O) groups is 3. The Kier molecular flexibility index (Phi) is 2.93. The number of hydrogen-bond acceptors (Lipinski definition) is 4. The van der Waals surface area contributed by atoms with Crippen molar-refractivity contribution < 1.29 is 19.5 Å². The van der Waals surface area contributed by atoms with E-state index in [-0.39, 0.29) is 28.8 Å². The number of nitrogens with zero attached hydrogens (tertiary/aromatic N) is 1. The number of aryl methyl sites for hydroxylation is 1. The molecule has 20 heavy (non-hydrogen) atoms. The fraction of sp³-hybridized carbons (Fsp3) is 0.500. The molecule has 1 spiro atoms. The number of carboxylic acid groups (broad SMARTS) is 1. The summed E-state index contributed by atoms with van der Waals surface area (Å²) in [7, 11) is 0. The summed E-state index contributed by atoms with van der Waals surface area (Å²) in [5.74, 6) is -1.57. The minimum Gasteiger partial charge on any atom is -0.478 e. The first-order valence-electron chi connectivity index (χ1n) is 6.66. The molecule has 1 aromatic heterocycles. The van der Waals surface area contributed by atoms with Gasteiger partial charge < -0.3 is 5.11 Å². The number of hydrogen-bond donors (Lipinski definition) is 1. The Morgan fingerprint density at radius 3 is 2.60 bits per heavy atom. The van der Waals surface area contributed by atoms with Gasteiger partial charge in [-0.05, 0) is 25.8 Å². The second-order valence-corrected chi connectivity index (χ2v) is 6.81. The summed E-state index contributed by atoms with van der Waals surface area (Å²) in [5, 5.41) is 9.50. The lowest BCUT2D eigenvalue weighted by Gasteiger charge is -2.20. The Morgan fingerprint density at radius 2 is 2.00 bits per heavy atom. The zero-order valence-corrected chi connectivity index (χ0v) is 12.0. The van der Waals surface area contributed by atoms with E-state index in [0.29, 0.717) is 0 Å². The highest BCUT2D eigenvalue weighted by molar-refractivity contribution is 7.17. The quantitative estimate of drug-likeness (QED) is 0.850. The summed E-state index contributed by atoms with van der Waals surface area (Å²) in [6.45, 7) is 1.77. The molecule has 1 saturated carbocycles. The van der Waals surface area contributed by atoms with E-state index in [0.717, 1.165) is 35.5 Å². The molecule has 1 aliphatic carbocycles. The van der Waals surface area contributed by atoms with Gasteiger partial charge in [-0.3, -0.25) is 9.59 Å². The third-order valence-electron chi connectivity index (χ3n) is 4.23. The van der Waals surface area contributed by atoms with E-state index in [1.807, 2.05) is 0 Å². The van der Waals surface area contributed by atoms with Gasteiger partial charge in [0.2, 0.25) is 11.8 Å². The molecular formula is C14H15NO4S. The molecular weight excluding hydrogens is 278 g/mol. The Bertz CT molecular complexity index is 613. The third-order valence-corrected chi connectivity index (χ3v) is 5.26. The Balaban J connectivity index is 2.04. The molecule has 0 unspecified atom stereocenters. The van der Waals surface area contributed by atoms with Crippen LogP contribution < -0.4 is 4.90 Å². The van der Waals surface area contributed by atoms with E-state index in [4.69, 9.17) is 0 Å².